The average molecular weight is 245 g/mol. The second-order valence-corrected chi connectivity index (χ2v) is 4.22. The van der Waals surface area contributed by atoms with E-state index in [2.05, 4.69) is 21.7 Å². The van der Waals surface area contributed by atoms with Crippen molar-refractivity contribution in [2.24, 2.45) is 0 Å². The van der Waals surface area contributed by atoms with Crippen LogP contribution >= 0.6 is 12.2 Å². The number of nitrogens with one attached hydrogen (secondary N) is 2. The molecule has 0 aliphatic rings. The molecule has 0 bridgehead atoms. The maximum atomic E-state index is 5.18. The number of nitrogens with zero attached hydrogens (tertiary/aromatic N) is 1. The van der Waals surface area contributed by atoms with Gasteiger partial charge in [0.15, 0.2) is 5.11 Å². The maximum Gasteiger partial charge on any atom is 0.170 e. The number of para-hydroxylation sites is 1. The molecule has 0 aliphatic carbocycles. The standard InChI is InChI=1S/C13H15N3S/c1-3-14-13(17)16-11-6-4-5-10-8-7-9(2)15-12(10)11/h4-8H,3H2,1-2H3,(H2,14,16,17). The van der Waals surface area contributed by atoms with Gasteiger partial charge in [-0.15, -0.1) is 0 Å². The molecule has 0 unspecified atom stereocenters. The number of fused-ring (bicyclic) bond motifs is 1. The van der Waals surface area contributed by atoms with Gasteiger partial charge in [-0.1, -0.05) is 18.2 Å². The summed E-state index contributed by atoms with van der Waals surface area (Å²) in [5.41, 5.74) is 2.89. The van der Waals surface area contributed by atoms with Crippen LogP contribution in [0.25, 0.3) is 10.9 Å². The highest BCUT2D eigenvalue weighted by Gasteiger charge is 2.03. The van der Waals surface area contributed by atoms with Gasteiger partial charge in [0.1, 0.15) is 0 Å². The number of rotatable bonds is 2. The van der Waals surface area contributed by atoms with Crippen molar-refractivity contribution in [3.05, 3.63) is 36.0 Å². The maximum absolute atomic E-state index is 5.18. The third-order valence-electron chi connectivity index (χ3n) is 2.45. The zero-order valence-electron chi connectivity index (χ0n) is 9.95. The zero-order chi connectivity index (χ0) is 12.3. The van der Waals surface area contributed by atoms with Crippen LogP contribution in [0.1, 0.15) is 12.6 Å². The van der Waals surface area contributed by atoms with E-state index >= 15 is 0 Å². The van der Waals surface area contributed by atoms with Gasteiger partial charge >= 0.3 is 0 Å². The van der Waals surface area contributed by atoms with E-state index in [4.69, 9.17) is 12.2 Å². The second-order valence-electron chi connectivity index (χ2n) is 3.81. The van der Waals surface area contributed by atoms with Crippen molar-refractivity contribution < 1.29 is 0 Å². The SMILES string of the molecule is CCNC(=S)Nc1cccc2ccc(C)nc12. The van der Waals surface area contributed by atoms with Crippen LogP contribution in [0.3, 0.4) is 0 Å². The van der Waals surface area contributed by atoms with E-state index in [9.17, 15) is 0 Å². The minimum Gasteiger partial charge on any atom is -0.363 e. The summed E-state index contributed by atoms with van der Waals surface area (Å²) in [6.07, 6.45) is 0. The molecule has 1 heterocycles. The van der Waals surface area contributed by atoms with E-state index in [-0.39, 0.29) is 0 Å². The molecule has 2 aromatic rings. The monoisotopic (exact) mass is 245 g/mol. The van der Waals surface area contributed by atoms with E-state index in [1.54, 1.807) is 0 Å². The average Bonchev–Trinajstić information content (AvgIpc) is 2.30. The van der Waals surface area contributed by atoms with Crippen molar-refractivity contribution >= 4 is 33.9 Å². The number of pyridine rings is 1. The van der Waals surface area contributed by atoms with Gasteiger partial charge in [0.2, 0.25) is 0 Å². The lowest BCUT2D eigenvalue weighted by atomic mass is 10.2. The Morgan fingerprint density at radius 2 is 2.12 bits per heavy atom. The highest BCUT2D eigenvalue weighted by molar-refractivity contribution is 7.80. The molecule has 1 aromatic carbocycles. The molecule has 0 spiro atoms. The van der Waals surface area contributed by atoms with Crippen LogP contribution < -0.4 is 10.6 Å². The fourth-order valence-electron chi connectivity index (χ4n) is 1.67. The lowest BCUT2D eigenvalue weighted by molar-refractivity contribution is 0.979. The van der Waals surface area contributed by atoms with Crippen LogP contribution in [0.5, 0.6) is 0 Å². The fourth-order valence-corrected chi connectivity index (χ4v) is 1.93. The van der Waals surface area contributed by atoms with Crippen LogP contribution in [0.4, 0.5) is 5.69 Å². The van der Waals surface area contributed by atoms with Crippen molar-refractivity contribution in [1.82, 2.24) is 10.3 Å². The van der Waals surface area contributed by atoms with Gasteiger partial charge in [0.05, 0.1) is 11.2 Å². The van der Waals surface area contributed by atoms with Crippen LogP contribution in [0.2, 0.25) is 0 Å². The van der Waals surface area contributed by atoms with Gasteiger partial charge in [-0.25, -0.2) is 0 Å². The summed E-state index contributed by atoms with van der Waals surface area (Å²) in [5, 5.41) is 7.98. The quantitative estimate of drug-likeness (QED) is 0.798. The predicted molar refractivity (Wildman–Crippen MR) is 76.4 cm³/mol. The van der Waals surface area contributed by atoms with Gasteiger partial charge in [-0.2, -0.15) is 0 Å². The molecular formula is C13H15N3S. The molecule has 88 valence electrons. The number of aromatic nitrogens is 1. The third kappa shape index (κ3) is 2.71. The Morgan fingerprint density at radius 3 is 2.88 bits per heavy atom. The Labute approximate surface area is 106 Å². The van der Waals surface area contributed by atoms with Crippen molar-refractivity contribution in [2.75, 3.05) is 11.9 Å². The number of anilines is 1. The molecular weight excluding hydrogens is 230 g/mol. The molecule has 0 fully saturated rings. The molecule has 2 N–H and O–H groups in total. The van der Waals surface area contributed by atoms with Gasteiger partial charge in [-0.05, 0) is 38.2 Å². The van der Waals surface area contributed by atoms with Crippen molar-refractivity contribution in [2.45, 2.75) is 13.8 Å². The molecule has 4 heteroatoms. The smallest absolute Gasteiger partial charge is 0.170 e. The normalized spacial score (nSPS) is 10.2. The Balaban J connectivity index is 2.39. The third-order valence-corrected chi connectivity index (χ3v) is 2.69. The number of thiocarbonyl (C=S) groups is 1. The minimum atomic E-state index is 0.628. The first kappa shape index (κ1) is 11.8. The molecule has 17 heavy (non-hydrogen) atoms. The molecule has 1 aromatic heterocycles. The first-order valence-corrected chi connectivity index (χ1v) is 6.02. The largest absolute Gasteiger partial charge is 0.363 e. The number of aryl methyl sites for hydroxylation is 1. The van der Waals surface area contributed by atoms with Crippen LogP contribution in [-0.4, -0.2) is 16.6 Å². The number of hydrogen-bond donors (Lipinski definition) is 2. The Bertz CT molecular complexity index is 551. The molecule has 2 rings (SSSR count). The van der Waals surface area contributed by atoms with Crippen molar-refractivity contribution in [3.63, 3.8) is 0 Å². The molecule has 0 amide bonds. The van der Waals surface area contributed by atoms with Crippen LogP contribution in [0.15, 0.2) is 30.3 Å². The highest BCUT2D eigenvalue weighted by Crippen LogP contribution is 2.21. The molecule has 0 radical (unpaired) electrons. The summed E-state index contributed by atoms with van der Waals surface area (Å²) in [5.74, 6) is 0. The predicted octanol–water partition coefficient (Wildman–Crippen LogP) is 2.85. The molecule has 0 atom stereocenters. The lowest BCUT2D eigenvalue weighted by Crippen LogP contribution is -2.28. The van der Waals surface area contributed by atoms with E-state index in [1.807, 2.05) is 38.1 Å². The molecule has 3 nitrogen and oxygen atoms in total. The highest BCUT2D eigenvalue weighted by atomic mass is 32.1. The summed E-state index contributed by atoms with van der Waals surface area (Å²) in [7, 11) is 0. The van der Waals surface area contributed by atoms with E-state index in [1.165, 1.54) is 0 Å². The molecule has 0 aliphatic heterocycles. The van der Waals surface area contributed by atoms with E-state index < -0.39 is 0 Å². The Kier molecular flexibility index (Phi) is 3.54. The van der Waals surface area contributed by atoms with Gasteiger partial charge < -0.3 is 10.6 Å². The summed E-state index contributed by atoms with van der Waals surface area (Å²) in [6, 6.07) is 10.1. The number of benzene rings is 1. The second kappa shape index (κ2) is 5.10. The molecule has 0 saturated carbocycles. The van der Waals surface area contributed by atoms with Gasteiger partial charge in [0, 0.05) is 17.6 Å². The van der Waals surface area contributed by atoms with Crippen LogP contribution in [0, 0.1) is 6.92 Å². The molecule has 0 saturated heterocycles. The fraction of sp³-hybridized carbons (Fsp3) is 0.231. The van der Waals surface area contributed by atoms with Gasteiger partial charge in [0.25, 0.3) is 0 Å². The summed E-state index contributed by atoms with van der Waals surface area (Å²) in [4.78, 5) is 4.54. The van der Waals surface area contributed by atoms with Gasteiger partial charge in [-0.3, -0.25) is 4.98 Å². The summed E-state index contributed by atoms with van der Waals surface area (Å²) < 4.78 is 0. The Hall–Kier alpha value is -1.68. The minimum absolute atomic E-state index is 0.628. The van der Waals surface area contributed by atoms with Crippen molar-refractivity contribution in [3.8, 4) is 0 Å². The van der Waals surface area contributed by atoms with E-state index in [0.717, 1.165) is 28.8 Å². The summed E-state index contributed by atoms with van der Waals surface area (Å²) >= 11 is 5.18. The first-order valence-electron chi connectivity index (χ1n) is 5.62. The van der Waals surface area contributed by atoms with E-state index in [0.29, 0.717) is 5.11 Å². The van der Waals surface area contributed by atoms with Crippen molar-refractivity contribution in [1.29, 1.82) is 0 Å². The lowest BCUT2D eigenvalue weighted by Gasteiger charge is -2.11. The Morgan fingerprint density at radius 1 is 1.29 bits per heavy atom. The topological polar surface area (TPSA) is 37.0 Å². The zero-order valence-corrected chi connectivity index (χ0v) is 10.8. The first-order chi connectivity index (χ1) is 8.20. The van der Waals surface area contributed by atoms with Crippen LogP contribution in [-0.2, 0) is 0 Å². The number of hydrogen-bond acceptors (Lipinski definition) is 2. The summed E-state index contributed by atoms with van der Waals surface area (Å²) in [6.45, 7) is 4.81.